The minimum Gasteiger partial charge on any atom is -0.316 e. The first-order chi connectivity index (χ1) is 7.90. The zero-order valence-electron chi connectivity index (χ0n) is 10.9. The van der Waals surface area contributed by atoms with E-state index in [1.54, 1.807) is 0 Å². The molecule has 0 aromatic rings. The first kappa shape index (κ1) is 12.4. The molecule has 0 spiro atoms. The Morgan fingerprint density at radius 1 is 1.19 bits per heavy atom. The van der Waals surface area contributed by atoms with Gasteiger partial charge in [-0.15, -0.1) is 0 Å². The Balaban J connectivity index is 1.68. The summed E-state index contributed by atoms with van der Waals surface area (Å²) >= 11 is 0. The minimum atomic E-state index is 0.927. The van der Waals surface area contributed by atoms with Crippen molar-refractivity contribution in [3.63, 3.8) is 0 Å². The van der Waals surface area contributed by atoms with Crippen molar-refractivity contribution in [3.05, 3.63) is 0 Å². The number of nitrogens with zero attached hydrogens (tertiary/aromatic N) is 1. The third-order valence-corrected chi connectivity index (χ3v) is 4.00. The molecule has 1 aliphatic heterocycles. The van der Waals surface area contributed by atoms with Crippen LogP contribution < -0.4 is 5.32 Å². The standard InChI is InChI=1S/C14H28N2/c1-2-3-4-10-16(14-7-8-14)12-13-6-5-9-15-11-13/h13-15H,2-12H2,1H3. The van der Waals surface area contributed by atoms with E-state index in [0.29, 0.717) is 0 Å². The fourth-order valence-corrected chi connectivity index (χ4v) is 2.84. The number of rotatable bonds is 7. The van der Waals surface area contributed by atoms with Crippen LogP contribution in [-0.2, 0) is 0 Å². The molecule has 94 valence electrons. The van der Waals surface area contributed by atoms with E-state index in [1.165, 1.54) is 71.1 Å². The lowest BCUT2D eigenvalue weighted by Crippen LogP contribution is -2.39. The predicted octanol–water partition coefficient (Wildman–Crippen LogP) is 2.64. The molecule has 16 heavy (non-hydrogen) atoms. The van der Waals surface area contributed by atoms with Crippen LogP contribution in [0.25, 0.3) is 0 Å². The zero-order chi connectivity index (χ0) is 11.2. The summed E-state index contributed by atoms with van der Waals surface area (Å²) in [6, 6.07) is 0.957. The highest BCUT2D eigenvalue weighted by atomic mass is 15.2. The highest BCUT2D eigenvalue weighted by Crippen LogP contribution is 2.28. The molecule has 0 amide bonds. The lowest BCUT2D eigenvalue weighted by molar-refractivity contribution is 0.196. The second-order valence-corrected chi connectivity index (χ2v) is 5.65. The summed E-state index contributed by atoms with van der Waals surface area (Å²) in [5.74, 6) is 0.927. The van der Waals surface area contributed by atoms with Crippen LogP contribution in [0.15, 0.2) is 0 Å². The molecular weight excluding hydrogens is 196 g/mol. The molecule has 2 fully saturated rings. The van der Waals surface area contributed by atoms with Gasteiger partial charge in [0.1, 0.15) is 0 Å². The van der Waals surface area contributed by atoms with E-state index in [2.05, 4.69) is 17.1 Å². The van der Waals surface area contributed by atoms with Crippen LogP contribution in [0.5, 0.6) is 0 Å². The first-order valence-electron chi connectivity index (χ1n) is 7.35. The Labute approximate surface area is 101 Å². The van der Waals surface area contributed by atoms with Crippen LogP contribution in [0.4, 0.5) is 0 Å². The summed E-state index contributed by atoms with van der Waals surface area (Å²) in [4.78, 5) is 2.79. The SMILES string of the molecule is CCCCCN(CC1CCCNC1)C1CC1. The molecule has 1 heterocycles. The van der Waals surface area contributed by atoms with Crippen molar-refractivity contribution < 1.29 is 0 Å². The molecule has 1 atom stereocenters. The Hall–Kier alpha value is -0.0800. The van der Waals surface area contributed by atoms with Gasteiger partial charge in [-0.1, -0.05) is 19.8 Å². The predicted molar refractivity (Wildman–Crippen MR) is 69.7 cm³/mol. The number of unbranched alkanes of at least 4 members (excludes halogenated alkanes) is 2. The second kappa shape index (κ2) is 6.61. The summed E-state index contributed by atoms with van der Waals surface area (Å²) in [5, 5.41) is 3.54. The van der Waals surface area contributed by atoms with Gasteiger partial charge in [0.05, 0.1) is 0 Å². The van der Waals surface area contributed by atoms with Gasteiger partial charge in [-0.25, -0.2) is 0 Å². The van der Waals surface area contributed by atoms with Crippen LogP contribution in [0.2, 0.25) is 0 Å². The molecular formula is C14H28N2. The molecule has 2 heteroatoms. The molecule has 2 aliphatic rings. The molecule has 2 nitrogen and oxygen atoms in total. The Kier molecular flexibility index (Phi) is 5.11. The van der Waals surface area contributed by atoms with Gasteiger partial charge in [-0.3, -0.25) is 0 Å². The summed E-state index contributed by atoms with van der Waals surface area (Å²) in [6.07, 6.45) is 9.93. The molecule has 0 bridgehead atoms. The van der Waals surface area contributed by atoms with Crippen molar-refractivity contribution in [1.82, 2.24) is 10.2 Å². The second-order valence-electron chi connectivity index (χ2n) is 5.65. The molecule has 0 radical (unpaired) electrons. The summed E-state index contributed by atoms with van der Waals surface area (Å²) in [7, 11) is 0. The smallest absolute Gasteiger partial charge is 0.00965 e. The minimum absolute atomic E-state index is 0.927. The molecule has 1 unspecified atom stereocenters. The van der Waals surface area contributed by atoms with E-state index in [4.69, 9.17) is 0 Å². The topological polar surface area (TPSA) is 15.3 Å². The van der Waals surface area contributed by atoms with E-state index < -0.39 is 0 Å². The van der Waals surface area contributed by atoms with E-state index >= 15 is 0 Å². The number of hydrogen-bond donors (Lipinski definition) is 1. The summed E-state index contributed by atoms with van der Waals surface area (Å²) < 4.78 is 0. The maximum Gasteiger partial charge on any atom is 0.00965 e. The molecule has 0 aromatic heterocycles. The van der Waals surface area contributed by atoms with Crippen LogP contribution in [0.1, 0.15) is 51.9 Å². The Morgan fingerprint density at radius 3 is 2.69 bits per heavy atom. The van der Waals surface area contributed by atoms with Crippen molar-refractivity contribution in [2.45, 2.75) is 57.9 Å². The lowest BCUT2D eigenvalue weighted by Gasteiger charge is -2.30. The largest absolute Gasteiger partial charge is 0.316 e. The number of hydrogen-bond acceptors (Lipinski definition) is 2. The Morgan fingerprint density at radius 2 is 2.06 bits per heavy atom. The van der Waals surface area contributed by atoms with Crippen molar-refractivity contribution in [1.29, 1.82) is 0 Å². The van der Waals surface area contributed by atoms with Gasteiger partial charge in [-0.05, 0) is 57.7 Å². The van der Waals surface area contributed by atoms with E-state index in [-0.39, 0.29) is 0 Å². The zero-order valence-corrected chi connectivity index (χ0v) is 10.9. The highest BCUT2D eigenvalue weighted by molar-refractivity contribution is 4.86. The maximum absolute atomic E-state index is 3.54. The molecule has 1 N–H and O–H groups in total. The monoisotopic (exact) mass is 224 g/mol. The number of nitrogens with one attached hydrogen (secondary N) is 1. The number of piperidine rings is 1. The lowest BCUT2D eigenvalue weighted by atomic mass is 9.99. The summed E-state index contributed by atoms with van der Waals surface area (Å²) in [5.41, 5.74) is 0. The molecule has 1 aliphatic carbocycles. The van der Waals surface area contributed by atoms with Crippen molar-refractivity contribution in [2.75, 3.05) is 26.2 Å². The normalized spacial score (nSPS) is 26.2. The van der Waals surface area contributed by atoms with Crippen LogP contribution in [0, 0.1) is 5.92 Å². The van der Waals surface area contributed by atoms with Gasteiger partial charge in [0, 0.05) is 12.6 Å². The quantitative estimate of drug-likeness (QED) is 0.669. The van der Waals surface area contributed by atoms with Crippen LogP contribution in [-0.4, -0.2) is 37.1 Å². The van der Waals surface area contributed by atoms with Crippen LogP contribution in [0.3, 0.4) is 0 Å². The van der Waals surface area contributed by atoms with Gasteiger partial charge in [0.2, 0.25) is 0 Å². The molecule has 1 saturated carbocycles. The van der Waals surface area contributed by atoms with Gasteiger partial charge in [0.15, 0.2) is 0 Å². The fraction of sp³-hybridized carbons (Fsp3) is 1.00. The van der Waals surface area contributed by atoms with Crippen molar-refractivity contribution in [3.8, 4) is 0 Å². The first-order valence-corrected chi connectivity index (χ1v) is 7.35. The van der Waals surface area contributed by atoms with Gasteiger partial charge >= 0.3 is 0 Å². The van der Waals surface area contributed by atoms with E-state index in [0.717, 1.165) is 12.0 Å². The molecule has 2 rings (SSSR count). The maximum atomic E-state index is 3.54. The highest BCUT2D eigenvalue weighted by Gasteiger charge is 2.30. The molecule has 1 saturated heterocycles. The van der Waals surface area contributed by atoms with Gasteiger partial charge in [-0.2, -0.15) is 0 Å². The Bertz CT molecular complexity index is 183. The van der Waals surface area contributed by atoms with Crippen molar-refractivity contribution in [2.24, 2.45) is 5.92 Å². The third kappa shape index (κ3) is 4.06. The fourth-order valence-electron chi connectivity index (χ4n) is 2.84. The van der Waals surface area contributed by atoms with E-state index in [9.17, 15) is 0 Å². The van der Waals surface area contributed by atoms with E-state index in [1.807, 2.05) is 0 Å². The molecule has 0 aromatic carbocycles. The average Bonchev–Trinajstić information content (AvgIpc) is 3.13. The van der Waals surface area contributed by atoms with Gasteiger partial charge in [0.25, 0.3) is 0 Å². The summed E-state index contributed by atoms with van der Waals surface area (Å²) in [6.45, 7) is 7.52. The van der Waals surface area contributed by atoms with Crippen molar-refractivity contribution >= 4 is 0 Å². The third-order valence-electron chi connectivity index (χ3n) is 4.00. The van der Waals surface area contributed by atoms with Gasteiger partial charge < -0.3 is 10.2 Å². The average molecular weight is 224 g/mol. The van der Waals surface area contributed by atoms with Crippen LogP contribution >= 0.6 is 0 Å².